The summed E-state index contributed by atoms with van der Waals surface area (Å²) in [4.78, 5) is 7.25. The second kappa shape index (κ2) is 17.9. The Kier molecular flexibility index (Phi) is 16.2. The Morgan fingerprint density at radius 3 is 2.08 bits per heavy atom. The molecule has 2 aliphatic carbocycles. The van der Waals surface area contributed by atoms with Crippen LogP contribution >= 0.6 is 0 Å². The number of likely N-dealkylation sites (N-methyl/N-ethyl adjacent to an activating group) is 2. The van der Waals surface area contributed by atoms with Gasteiger partial charge in [0.1, 0.15) is 18.2 Å². The number of phenols is 2. The molecular formula is C27H54N6O3. The molecule has 0 bridgehead atoms. The van der Waals surface area contributed by atoms with Gasteiger partial charge in [-0.1, -0.05) is 34.6 Å². The monoisotopic (exact) mass is 510 g/mol. The summed E-state index contributed by atoms with van der Waals surface area (Å²) >= 11 is 0. The first-order chi connectivity index (χ1) is 17.3. The zero-order valence-corrected chi connectivity index (χ0v) is 23.5. The Hall–Kier alpha value is -1.46. The van der Waals surface area contributed by atoms with Crippen molar-refractivity contribution >= 4 is 0 Å². The first-order valence-electron chi connectivity index (χ1n) is 13.8. The normalized spacial score (nSPS) is 20.4. The number of rotatable bonds is 12. The molecule has 1 aromatic rings. The smallest absolute Gasteiger partial charge is 0.125 e. The van der Waals surface area contributed by atoms with Crippen LogP contribution in [0.4, 0.5) is 0 Å². The first-order valence-corrected chi connectivity index (χ1v) is 13.8. The van der Waals surface area contributed by atoms with Gasteiger partial charge in [-0.3, -0.25) is 15.1 Å². The van der Waals surface area contributed by atoms with Crippen LogP contribution in [0.1, 0.15) is 96.4 Å². The Balaban J connectivity index is 0.000000609. The van der Waals surface area contributed by atoms with Gasteiger partial charge in [0.05, 0.1) is 6.17 Å². The highest BCUT2D eigenvalue weighted by atomic mass is 16.7. The van der Waals surface area contributed by atoms with Crippen molar-refractivity contribution in [3.8, 4) is 11.5 Å². The number of nitrogens with two attached hydrogens (primary N) is 2. The molecule has 0 amide bonds. The molecule has 0 aliphatic heterocycles. The predicted octanol–water partition coefficient (Wildman–Crippen LogP) is 3.23. The number of phenolic OH excluding ortho intramolecular Hbond substituents is 2. The minimum atomic E-state index is -0.434. The van der Waals surface area contributed by atoms with Crippen molar-refractivity contribution in [2.24, 2.45) is 11.5 Å². The minimum absolute atomic E-state index is 0.0507. The number of hydroxylamine groups is 1. The average Bonchev–Trinajstić information content (AvgIpc) is 3.70. The summed E-state index contributed by atoms with van der Waals surface area (Å²) in [6.45, 7) is 13.7. The van der Waals surface area contributed by atoms with Crippen LogP contribution in [0.2, 0.25) is 0 Å². The number of nitrogens with zero attached hydrogens (tertiary/aromatic N) is 1. The molecule has 9 heteroatoms. The molecule has 1 atom stereocenters. The third kappa shape index (κ3) is 11.3. The maximum Gasteiger partial charge on any atom is 0.125 e. The standard InChI is InChI=1S/C21H38N4O2.C4H10N2O.C2H6/c1-5-25(11-10-23-4)16-8-6-15(7-9-16)24-21(22)18-12-17(14(2)3)19(26)13-20(18)27;5-3-7-6-4-1-2-4;1-2/h12-16,21,23-24,26-27H,5-11,22H2,1-4H3;4,6H,1-3,5H2;1-2H3. The molecule has 9 N–H and O–H groups in total. The number of nitrogens with one attached hydrogen (secondary N) is 3. The first kappa shape index (κ1) is 32.6. The highest BCUT2D eigenvalue weighted by Gasteiger charge is 2.27. The van der Waals surface area contributed by atoms with E-state index in [2.05, 4.69) is 32.8 Å². The van der Waals surface area contributed by atoms with E-state index >= 15 is 0 Å². The number of benzene rings is 1. The van der Waals surface area contributed by atoms with E-state index < -0.39 is 6.17 Å². The molecule has 2 aliphatic rings. The number of aromatic hydroxyl groups is 2. The topological polar surface area (TPSA) is 141 Å². The van der Waals surface area contributed by atoms with Crippen LogP contribution in [0, 0.1) is 0 Å². The molecule has 2 fully saturated rings. The van der Waals surface area contributed by atoms with Gasteiger partial charge in [0.15, 0.2) is 0 Å². The second-order valence-corrected chi connectivity index (χ2v) is 9.71. The van der Waals surface area contributed by atoms with Crippen molar-refractivity contribution in [3.63, 3.8) is 0 Å². The summed E-state index contributed by atoms with van der Waals surface area (Å²) in [6.07, 6.45) is 6.55. The zero-order valence-electron chi connectivity index (χ0n) is 23.5. The van der Waals surface area contributed by atoms with Crippen LogP contribution < -0.4 is 27.6 Å². The van der Waals surface area contributed by atoms with E-state index in [1.54, 1.807) is 0 Å². The predicted molar refractivity (Wildman–Crippen MR) is 149 cm³/mol. The van der Waals surface area contributed by atoms with Crippen LogP contribution in [0.3, 0.4) is 0 Å². The van der Waals surface area contributed by atoms with E-state index in [0.717, 1.165) is 38.0 Å². The van der Waals surface area contributed by atoms with Gasteiger partial charge in [-0.05, 0) is 69.7 Å². The summed E-state index contributed by atoms with van der Waals surface area (Å²) in [5, 5.41) is 27.0. The molecule has 210 valence electrons. The molecule has 9 nitrogen and oxygen atoms in total. The highest BCUT2D eigenvalue weighted by Crippen LogP contribution is 2.34. The molecule has 0 heterocycles. The Morgan fingerprint density at radius 1 is 1.00 bits per heavy atom. The van der Waals surface area contributed by atoms with Crippen molar-refractivity contribution < 1.29 is 15.1 Å². The van der Waals surface area contributed by atoms with Crippen LogP contribution in [-0.4, -0.2) is 66.7 Å². The van der Waals surface area contributed by atoms with Crippen LogP contribution in [0.5, 0.6) is 11.5 Å². The number of hydrogen-bond acceptors (Lipinski definition) is 9. The molecule has 0 saturated heterocycles. The van der Waals surface area contributed by atoms with Gasteiger partial charge < -0.3 is 27.0 Å². The fourth-order valence-electron chi connectivity index (χ4n) is 4.50. The molecule has 2 saturated carbocycles. The van der Waals surface area contributed by atoms with Gasteiger partial charge in [-0.2, -0.15) is 5.48 Å². The molecule has 1 aromatic carbocycles. The lowest BCUT2D eigenvalue weighted by Crippen LogP contribution is -2.46. The lowest BCUT2D eigenvalue weighted by Gasteiger charge is -2.37. The van der Waals surface area contributed by atoms with Crippen molar-refractivity contribution in [1.29, 1.82) is 0 Å². The Morgan fingerprint density at radius 2 is 1.58 bits per heavy atom. The van der Waals surface area contributed by atoms with Gasteiger partial charge in [0.25, 0.3) is 0 Å². The van der Waals surface area contributed by atoms with E-state index in [0.29, 0.717) is 23.7 Å². The van der Waals surface area contributed by atoms with E-state index in [9.17, 15) is 10.2 Å². The molecule has 0 spiro atoms. The fourth-order valence-corrected chi connectivity index (χ4v) is 4.50. The lowest BCUT2D eigenvalue weighted by atomic mass is 9.89. The van der Waals surface area contributed by atoms with Gasteiger partial charge in [0, 0.05) is 42.8 Å². The van der Waals surface area contributed by atoms with Gasteiger partial charge in [-0.15, -0.1) is 0 Å². The van der Waals surface area contributed by atoms with Crippen molar-refractivity contribution in [2.45, 2.75) is 103 Å². The average molecular weight is 511 g/mol. The third-order valence-electron chi connectivity index (χ3n) is 6.73. The Labute approximate surface area is 219 Å². The SMILES string of the molecule is CC.CCN(CCNC)C1CCC(NC(N)c2cc(C(C)C)c(O)cc2O)CC1.NCONC1CC1. The number of hydrogen-bond donors (Lipinski definition) is 7. The summed E-state index contributed by atoms with van der Waals surface area (Å²) in [6, 6.07) is 4.84. The van der Waals surface area contributed by atoms with Crippen molar-refractivity contribution in [3.05, 3.63) is 23.3 Å². The minimum Gasteiger partial charge on any atom is -0.508 e. The maximum absolute atomic E-state index is 10.2. The van der Waals surface area contributed by atoms with Crippen LogP contribution in [0.25, 0.3) is 0 Å². The Bertz CT molecular complexity index is 709. The third-order valence-corrected chi connectivity index (χ3v) is 6.73. The van der Waals surface area contributed by atoms with E-state index in [-0.39, 0.29) is 24.1 Å². The van der Waals surface area contributed by atoms with Crippen molar-refractivity contribution in [1.82, 2.24) is 21.0 Å². The zero-order chi connectivity index (χ0) is 27.1. The van der Waals surface area contributed by atoms with Crippen LogP contribution in [0.15, 0.2) is 12.1 Å². The largest absolute Gasteiger partial charge is 0.508 e. The molecule has 0 radical (unpaired) electrons. The summed E-state index contributed by atoms with van der Waals surface area (Å²) in [7, 11) is 2.00. The summed E-state index contributed by atoms with van der Waals surface area (Å²) in [5.41, 5.74) is 15.6. The lowest BCUT2D eigenvalue weighted by molar-refractivity contribution is 0.0410. The summed E-state index contributed by atoms with van der Waals surface area (Å²) in [5.74, 6) is 0.347. The van der Waals surface area contributed by atoms with Crippen molar-refractivity contribution in [2.75, 3.05) is 33.4 Å². The van der Waals surface area contributed by atoms with E-state index in [1.165, 1.54) is 31.7 Å². The van der Waals surface area contributed by atoms with Crippen LogP contribution in [-0.2, 0) is 4.84 Å². The molecule has 0 aromatic heterocycles. The molecular weight excluding hydrogens is 456 g/mol. The molecule has 3 rings (SSSR count). The summed E-state index contributed by atoms with van der Waals surface area (Å²) < 4.78 is 0. The highest BCUT2D eigenvalue weighted by molar-refractivity contribution is 5.47. The second-order valence-electron chi connectivity index (χ2n) is 9.71. The maximum atomic E-state index is 10.2. The molecule has 1 unspecified atom stereocenters. The van der Waals surface area contributed by atoms with Gasteiger partial charge >= 0.3 is 0 Å². The molecule has 36 heavy (non-hydrogen) atoms. The fraction of sp³-hybridized carbons (Fsp3) is 0.778. The quantitative estimate of drug-likeness (QED) is 0.167. The van der Waals surface area contributed by atoms with Gasteiger partial charge in [0.2, 0.25) is 0 Å². The van der Waals surface area contributed by atoms with Gasteiger partial charge in [-0.25, -0.2) is 0 Å². The van der Waals surface area contributed by atoms with E-state index in [1.807, 2.05) is 40.8 Å². The van der Waals surface area contributed by atoms with E-state index in [4.69, 9.17) is 11.5 Å².